The largest absolute Gasteiger partial charge is 0.481 e. The maximum atomic E-state index is 12.4. The lowest BCUT2D eigenvalue weighted by Crippen LogP contribution is -2.42. The second-order valence-corrected chi connectivity index (χ2v) is 6.36. The van der Waals surface area contributed by atoms with Crippen LogP contribution in [0.25, 0.3) is 0 Å². The van der Waals surface area contributed by atoms with E-state index in [0.717, 1.165) is 25.7 Å². The van der Waals surface area contributed by atoms with Gasteiger partial charge < -0.3 is 15.0 Å². The molecule has 0 aromatic carbocycles. The van der Waals surface area contributed by atoms with E-state index in [0.29, 0.717) is 24.6 Å². The molecule has 0 spiro atoms. The van der Waals surface area contributed by atoms with Gasteiger partial charge in [0.05, 0.1) is 5.41 Å². The molecule has 0 bridgehead atoms. The summed E-state index contributed by atoms with van der Waals surface area (Å²) in [5.41, 5.74) is -0.109. The third-order valence-electron chi connectivity index (χ3n) is 5.08. The fourth-order valence-corrected chi connectivity index (χ4v) is 3.43. The molecule has 0 saturated heterocycles. The van der Waals surface area contributed by atoms with Crippen molar-refractivity contribution in [2.45, 2.75) is 51.0 Å². The van der Waals surface area contributed by atoms with Crippen molar-refractivity contribution in [3.63, 3.8) is 0 Å². The lowest BCUT2D eigenvalue weighted by Gasteiger charge is -2.29. The second kappa shape index (κ2) is 5.54. The normalized spacial score (nSPS) is 21.0. The van der Waals surface area contributed by atoms with Crippen molar-refractivity contribution in [1.29, 1.82) is 0 Å². The molecule has 1 aromatic heterocycles. The van der Waals surface area contributed by atoms with Crippen molar-refractivity contribution in [2.75, 3.05) is 6.54 Å². The molecule has 0 unspecified atom stereocenters. The van der Waals surface area contributed by atoms with Gasteiger partial charge in [0.2, 0.25) is 0 Å². The monoisotopic (exact) mass is 290 g/mol. The van der Waals surface area contributed by atoms with Gasteiger partial charge in [0.15, 0.2) is 0 Å². The summed E-state index contributed by atoms with van der Waals surface area (Å²) in [7, 11) is 0. The summed E-state index contributed by atoms with van der Waals surface area (Å²) in [6.45, 7) is 0.233. The fraction of sp³-hybridized carbons (Fsp3) is 0.625. The highest BCUT2D eigenvalue weighted by molar-refractivity contribution is 5.93. The minimum Gasteiger partial charge on any atom is -0.481 e. The first-order chi connectivity index (χ1) is 10.1. The predicted octanol–water partition coefficient (Wildman–Crippen LogP) is 2.59. The van der Waals surface area contributed by atoms with Gasteiger partial charge in [0.25, 0.3) is 5.91 Å². The molecule has 1 amide bonds. The first-order valence-electron chi connectivity index (χ1n) is 7.81. The minimum atomic E-state index is -0.783. The third kappa shape index (κ3) is 2.57. The van der Waals surface area contributed by atoms with Crippen LogP contribution in [0.2, 0.25) is 0 Å². The Morgan fingerprint density at radius 2 is 2.00 bits per heavy atom. The van der Waals surface area contributed by atoms with Gasteiger partial charge in [-0.05, 0) is 44.2 Å². The molecule has 114 valence electrons. The van der Waals surface area contributed by atoms with Gasteiger partial charge in [-0.25, -0.2) is 0 Å². The zero-order chi connectivity index (χ0) is 14.9. The number of aliphatic carboxylic acids is 1. The number of carbonyl (C=O) groups is 2. The molecule has 1 heterocycles. The van der Waals surface area contributed by atoms with E-state index >= 15 is 0 Å². The summed E-state index contributed by atoms with van der Waals surface area (Å²) in [6.07, 6.45) is 8.58. The fourth-order valence-electron chi connectivity index (χ4n) is 3.43. The van der Waals surface area contributed by atoms with E-state index in [2.05, 4.69) is 5.32 Å². The molecule has 2 N–H and O–H groups in total. The Morgan fingerprint density at radius 3 is 2.57 bits per heavy atom. The van der Waals surface area contributed by atoms with Crippen molar-refractivity contribution >= 4 is 11.9 Å². The summed E-state index contributed by atoms with van der Waals surface area (Å²) in [4.78, 5) is 23.9. The van der Waals surface area contributed by atoms with E-state index < -0.39 is 11.4 Å². The lowest BCUT2D eigenvalue weighted by molar-refractivity contribution is -0.148. The highest BCUT2D eigenvalue weighted by Gasteiger charge is 2.41. The van der Waals surface area contributed by atoms with Crippen LogP contribution in [0.5, 0.6) is 0 Å². The molecular formula is C16H22N2O3. The standard InChI is InChI=1S/C16H22N2O3/c19-14(13-7-4-10-18(13)12-5-3-6-12)17-11-16(15(20)21)8-1-2-9-16/h4,7,10,12H,1-3,5-6,8-9,11H2,(H,17,19)(H,20,21). The molecule has 2 fully saturated rings. The molecule has 0 aliphatic heterocycles. The Morgan fingerprint density at radius 1 is 1.29 bits per heavy atom. The Hall–Kier alpha value is -1.78. The molecule has 0 radical (unpaired) electrons. The average molecular weight is 290 g/mol. The molecular weight excluding hydrogens is 268 g/mol. The van der Waals surface area contributed by atoms with Crippen LogP contribution in [0.3, 0.4) is 0 Å². The molecule has 2 saturated carbocycles. The molecule has 3 rings (SSSR count). The van der Waals surface area contributed by atoms with Crippen LogP contribution >= 0.6 is 0 Å². The van der Waals surface area contributed by atoms with Crippen LogP contribution < -0.4 is 5.32 Å². The van der Waals surface area contributed by atoms with Crippen molar-refractivity contribution in [3.8, 4) is 0 Å². The molecule has 5 nitrogen and oxygen atoms in total. The number of carbonyl (C=O) groups excluding carboxylic acids is 1. The maximum absolute atomic E-state index is 12.4. The van der Waals surface area contributed by atoms with Gasteiger partial charge in [-0.1, -0.05) is 12.8 Å². The van der Waals surface area contributed by atoms with Gasteiger partial charge in [-0.15, -0.1) is 0 Å². The number of hydrogen-bond acceptors (Lipinski definition) is 2. The van der Waals surface area contributed by atoms with E-state index in [9.17, 15) is 14.7 Å². The number of aromatic nitrogens is 1. The third-order valence-corrected chi connectivity index (χ3v) is 5.08. The highest BCUT2D eigenvalue weighted by Crippen LogP contribution is 2.38. The van der Waals surface area contributed by atoms with Crippen molar-refractivity contribution in [2.24, 2.45) is 5.41 Å². The van der Waals surface area contributed by atoms with E-state index in [1.54, 1.807) is 0 Å². The number of hydrogen-bond donors (Lipinski definition) is 2. The summed E-state index contributed by atoms with van der Waals surface area (Å²) in [5.74, 6) is -0.936. The zero-order valence-electron chi connectivity index (χ0n) is 12.2. The van der Waals surface area contributed by atoms with Crippen LogP contribution in [0.1, 0.15) is 61.5 Å². The van der Waals surface area contributed by atoms with Crippen LogP contribution in [0.4, 0.5) is 0 Å². The summed E-state index contributed by atoms with van der Waals surface area (Å²) in [6, 6.07) is 4.13. The topological polar surface area (TPSA) is 71.3 Å². The number of rotatable bonds is 5. The number of nitrogens with zero attached hydrogens (tertiary/aromatic N) is 1. The smallest absolute Gasteiger partial charge is 0.311 e. The first kappa shape index (κ1) is 14.2. The number of carboxylic acid groups (broad SMARTS) is 1. The van der Waals surface area contributed by atoms with Crippen LogP contribution in [-0.2, 0) is 4.79 Å². The molecule has 2 aliphatic carbocycles. The Kier molecular flexibility index (Phi) is 3.74. The molecule has 0 atom stereocenters. The van der Waals surface area contributed by atoms with Crippen molar-refractivity contribution in [1.82, 2.24) is 9.88 Å². The van der Waals surface area contributed by atoms with E-state index in [4.69, 9.17) is 0 Å². The molecule has 1 aromatic rings. The van der Waals surface area contributed by atoms with Gasteiger partial charge in [-0.2, -0.15) is 0 Å². The quantitative estimate of drug-likeness (QED) is 0.875. The number of carboxylic acids is 1. The first-order valence-corrected chi connectivity index (χ1v) is 7.81. The predicted molar refractivity (Wildman–Crippen MR) is 78.2 cm³/mol. The van der Waals surface area contributed by atoms with Crippen molar-refractivity contribution in [3.05, 3.63) is 24.0 Å². The number of amides is 1. The van der Waals surface area contributed by atoms with Gasteiger partial charge in [-0.3, -0.25) is 9.59 Å². The summed E-state index contributed by atoms with van der Waals surface area (Å²) >= 11 is 0. The highest BCUT2D eigenvalue weighted by atomic mass is 16.4. The Labute approximate surface area is 124 Å². The summed E-state index contributed by atoms with van der Waals surface area (Å²) < 4.78 is 2.03. The number of nitrogens with one attached hydrogen (secondary N) is 1. The van der Waals surface area contributed by atoms with Crippen LogP contribution in [0.15, 0.2) is 18.3 Å². The Bertz CT molecular complexity index is 539. The lowest BCUT2D eigenvalue weighted by atomic mass is 9.86. The molecule has 5 heteroatoms. The van der Waals surface area contributed by atoms with Gasteiger partial charge in [0, 0.05) is 18.8 Å². The SMILES string of the molecule is O=C(NCC1(C(=O)O)CCCC1)c1cccn1C1CCC1. The van der Waals surface area contributed by atoms with E-state index in [1.165, 1.54) is 6.42 Å². The van der Waals surface area contributed by atoms with Gasteiger partial charge in [0.1, 0.15) is 5.69 Å². The van der Waals surface area contributed by atoms with E-state index in [1.807, 2.05) is 22.9 Å². The maximum Gasteiger partial charge on any atom is 0.311 e. The second-order valence-electron chi connectivity index (χ2n) is 6.36. The van der Waals surface area contributed by atoms with Crippen molar-refractivity contribution < 1.29 is 14.7 Å². The average Bonchev–Trinajstić information content (AvgIpc) is 3.03. The van der Waals surface area contributed by atoms with Crippen LogP contribution in [-0.4, -0.2) is 28.1 Å². The molecule has 21 heavy (non-hydrogen) atoms. The zero-order valence-corrected chi connectivity index (χ0v) is 12.2. The molecule has 2 aliphatic rings. The Balaban J connectivity index is 1.66. The van der Waals surface area contributed by atoms with E-state index in [-0.39, 0.29) is 12.5 Å². The van der Waals surface area contributed by atoms with Crippen LogP contribution in [0, 0.1) is 5.41 Å². The van der Waals surface area contributed by atoms with Gasteiger partial charge >= 0.3 is 5.97 Å². The minimum absolute atomic E-state index is 0.153. The summed E-state index contributed by atoms with van der Waals surface area (Å²) in [5, 5.41) is 12.3.